The average Bonchev–Trinajstić information content (AvgIpc) is 2.21. The first-order valence-electron chi connectivity index (χ1n) is 6.11. The van der Waals surface area contributed by atoms with Crippen molar-refractivity contribution in [2.75, 3.05) is 13.1 Å². The quantitative estimate of drug-likeness (QED) is 0.732. The fraction of sp³-hybridized carbons (Fsp3) is 0.615. The van der Waals surface area contributed by atoms with Gasteiger partial charge in [-0.15, -0.1) is 0 Å². The first-order chi connectivity index (χ1) is 7.78. The van der Waals surface area contributed by atoms with Crippen LogP contribution in [0.15, 0.2) is 18.2 Å². The minimum atomic E-state index is 0.595. The van der Waals surface area contributed by atoms with Gasteiger partial charge in [-0.25, -0.2) is 4.98 Å². The van der Waals surface area contributed by atoms with Crippen molar-refractivity contribution in [2.24, 2.45) is 5.92 Å². The Morgan fingerprint density at radius 1 is 1.44 bits per heavy atom. The fourth-order valence-electron chi connectivity index (χ4n) is 2.11. The molecule has 2 rings (SSSR count). The number of nitrogens with zero attached hydrogens (tertiary/aromatic N) is 2. The van der Waals surface area contributed by atoms with Crippen LogP contribution in [-0.2, 0) is 6.54 Å². The van der Waals surface area contributed by atoms with Crippen molar-refractivity contribution in [3.63, 3.8) is 0 Å². The summed E-state index contributed by atoms with van der Waals surface area (Å²) in [6.45, 7) is 5.44. The molecular formula is C13H19ClN2. The van der Waals surface area contributed by atoms with Gasteiger partial charge in [-0.2, -0.15) is 0 Å². The van der Waals surface area contributed by atoms with Crippen molar-refractivity contribution >= 4 is 11.6 Å². The molecule has 0 saturated heterocycles. The summed E-state index contributed by atoms with van der Waals surface area (Å²) in [7, 11) is 0. The monoisotopic (exact) mass is 238 g/mol. The second kappa shape index (κ2) is 5.65. The van der Waals surface area contributed by atoms with E-state index in [2.05, 4.69) is 22.9 Å². The second-order valence-electron chi connectivity index (χ2n) is 4.58. The number of pyridine rings is 1. The van der Waals surface area contributed by atoms with E-state index in [0.717, 1.165) is 24.7 Å². The molecule has 1 aliphatic carbocycles. The zero-order valence-corrected chi connectivity index (χ0v) is 10.6. The van der Waals surface area contributed by atoms with Crippen molar-refractivity contribution in [2.45, 2.75) is 32.7 Å². The molecule has 0 aromatic carbocycles. The Morgan fingerprint density at radius 2 is 2.25 bits per heavy atom. The predicted molar refractivity (Wildman–Crippen MR) is 67.5 cm³/mol. The highest BCUT2D eigenvalue weighted by Gasteiger charge is 2.20. The minimum absolute atomic E-state index is 0.595. The van der Waals surface area contributed by atoms with Gasteiger partial charge >= 0.3 is 0 Å². The Hall–Kier alpha value is -0.600. The Morgan fingerprint density at radius 3 is 2.81 bits per heavy atom. The number of hydrogen-bond donors (Lipinski definition) is 0. The number of halogens is 1. The number of hydrogen-bond acceptors (Lipinski definition) is 2. The van der Waals surface area contributed by atoms with E-state index in [9.17, 15) is 0 Å². The average molecular weight is 239 g/mol. The fourth-order valence-corrected chi connectivity index (χ4v) is 2.29. The zero-order valence-electron chi connectivity index (χ0n) is 9.82. The van der Waals surface area contributed by atoms with Gasteiger partial charge in [0.15, 0.2) is 0 Å². The predicted octanol–water partition coefficient (Wildman–Crippen LogP) is 3.36. The normalized spacial score (nSPS) is 16.4. The molecule has 0 bridgehead atoms. The van der Waals surface area contributed by atoms with Crippen molar-refractivity contribution in [1.82, 2.24) is 9.88 Å². The first-order valence-corrected chi connectivity index (χ1v) is 6.49. The lowest BCUT2D eigenvalue weighted by molar-refractivity contribution is 0.177. The molecule has 0 aliphatic heterocycles. The van der Waals surface area contributed by atoms with Crippen molar-refractivity contribution < 1.29 is 0 Å². The van der Waals surface area contributed by atoms with Crippen LogP contribution in [0, 0.1) is 5.92 Å². The molecule has 0 amide bonds. The molecule has 1 aliphatic rings. The molecule has 0 atom stereocenters. The van der Waals surface area contributed by atoms with E-state index in [0.29, 0.717) is 5.15 Å². The third-order valence-electron chi connectivity index (χ3n) is 3.35. The van der Waals surface area contributed by atoms with Crippen LogP contribution >= 0.6 is 11.6 Å². The Bertz CT molecular complexity index is 336. The smallest absolute Gasteiger partial charge is 0.129 e. The van der Waals surface area contributed by atoms with Gasteiger partial charge in [0.2, 0.25) is 0 Å². The van der Waals surface area contributed by atoms with Crippen LogP contribution in [-0.4, -0.2) is 23.0 Å². The van der Waals surface area contributed by atoms with Crippen LogP contribution < -0.4 is 0 Å². The molecule has 1 fully saturated rings. The summed E-state index contributed by atoms with van der Waals surface area (Å²) < 4.78 is 0. The molecule has 1 aromatic rings. The summed E-state index contributed by atoms with van der Waals surface area (Å²) >= 11 is 5.89. The Balaban J connectivity index is 1.89. The van der Waals surface area contributed by atoms with Crippen LogP contribution in [0.4, 0.5) is 0 Å². The molecule has 1 saturated carbocycles. The minimum Gasteiger partial charge on any atom is -0.298 e. The van der Waals surface area contributed by atoms with E-state index in [4.69, 9.17) is 11.6 Å². The van der Waals surface area contributed by atoms with E-state index < -0.39 is 0 Å². The summed E-state index contributed by atoms with van der Waals surface area (Å²) in [6, 6.07) is 5.85. The highest BCUT2D eigenvalue weighted by molar-refractivity contribution is 6.29. The van der Waals surface area contributed by atoms with Crippen molar-refractivity contribution in [1.29, 1.82) is 0 Å². The van der Waals surface area contributed by atoms with E-state index in [-0.39, 0.29) is 0 Å². The van der Waals surface area contributed by atoms with Crippen molar-refractivity contribution in [3.8, 4) is 0 Å². The highest BCUT2D eigenvalue weighted by Crippen LogP contribution is 2.27. The van der Waals surface area contributed by atoms with Gasteiger partial charge in [0, 0.05) is 13.1 Å². The molecule has 3 heteroatoms. The summed E-state index contributed by atoms with van der Waals surface area (Å²) in [6.07, 6.45) is 4.22. The topological polar surface area (TPSA) is 16.1 Å². The molecule has 1 heterocycles. The molecular weight excluding hydrogens is 220 g/mol. The summed E-state index contributed by atoms with van der Waals surface area (Å²) in [5, 5.41) is 0.595. The Labute approximate surface area is 103 Å². The lowest BCUT2D eigenvalue weighted by Gasteiger charge is -2.31. The van der Waals surface area contributed by atoms with Gasteiger partial charge in [-0.3, -0.25) is 4.90 Å². The van der Waals surface area contributed by atoms with Crippen LogP contribution in [0.1, 0.15) is 31.9 Å². The third kappa shape index (κ3) is 3.19. The number of aromatic nitrogens is 1. The van der Waals surface area contributed by atoms with E-state index >= 15 is 0 Å². The summed E-state index contributed by atoms with van der Waals surface area (Å²) in [4.78, 5) is 6.80. The van der Waals surface area contributed by atoms with Gasteiger partial charge in [0.05, 0.1) is 5.69 Å². The molecule has 1 aromatic heterocycles. The Kier molecular flexibility index (Phi) is 4.19. The largest absolute Gasteiger partial charge is 0.298 e. The van der Waals surface area contributed by atoms with Gasteiger partial charge in [-0.1, -0.05) is 31.0 Å². The van der Waals surface area contributed by atoms with Gasteiger partial charge in [-0.05, 0) is 37.4 Å². The molecule has 0 N–H and O–H groups in total. The maximum atomic E-state index is 5.89. The molecule has 0 radical (unpaired) electrons. The SMILES string of the molecule is CCN(Cc1cccc(Cl)n1)CC1CCC1. The molecule has 0 spiro atoms. The summed E-state index contributed by atoms with van der Waals surface area (Å²) in [5.74, 6) is 0.916. The maximum absolute atomic E-state index is 5.89. The van der Waals surface area contributed by atoms with E-state index in [1.165, 1.54) is 25.8 Å². The van der Waals surface area contributed by atoms with Crippen LogP contribution in [0.2, 0.25) is 5.15 Å². The molecule has 2 nitrogen and oxygen atoms in total. The third-order valence-corrected chi connectivity index (χ3v) is 3.56. The standard InChI is InChI=1S/C13H19ClN2/c1-2-16(9-11-5-3-6-11)10-12-7-4-8-13(14)15-12/h4,7-8,11H,2-3,5-6,9-10H2,1H3. The molecule has 88 valence electrons. The summed E-state index contributed by atoms with van der Waals surface area (Å²) in [5.41, 5.74) is 1.08. The zero-order chi connectivity index (χ0) is 11.4. The second-order valence-corrected chi connectivity index (χ2v) is 4.96. The molecule has 16 heavy (non-hydrogen) atoms. The number of rotatable bonds is 5. The lowest BCUT2D eigenvalue weighted by atomic mass is 9.85. The maximum Gasteiger partial charge on any atom is 0.129 e. The van der Waals surface area contributed by atoms with Gasteiger partial charge in [0.1, 0.15) is 5.15 Å². The van der Waals surface area contributed by atoms with Crippen LogP contribution in [0.5, 0.6) is 0 Å². The van der Waals surface area contributed by atoms with Gasteiger partial charge < -0.3 is 0 Å². The lowest BCUT2D eigenvalue weighted by Crippen LogP contribution is -2.32. The highest BCUT2D eigenvalue weighted by atomic mass is 35.5. The van der Waals surface area contributed by atoms with Gasteiger partial charge in [0.25, 0.3) is 0 Å². The van der Waals surface area contributed by atoms with E-state index in [1.807, 2.05) is 12.1 Å². The van der Waals surface area contributed by atoms with Crippen molar-refractivity contribution in [3.05, 3.63) is 29.0 Å². The first kappa shape index (κ1) is 11.9. The molecule has 0 unspecified atom stereocenters. The van der Waals surface area contributed by atoms with Crippen LogP contribution in [0.25, 0.3) is 0 Å². The van der Waals surface area contributed by atoms with Crippen LogP contribution in [0.3, 0.4) is 0 Å². The van der Waals surface area contributed by atoms with E-state index in [1.54, 1.807) is 0 Å².